The fraction of sp³-hybridized carbons (Fsp3) is 0.185. The first-order valence-corrected chi connectivity index (χ1v) is 11.2. The summed E-state index contributed by atoms with van der Waals surface area (Å²) in [6.07, 6.45) is 0.898. The molecular weight excluding hydrogens is 432 g/mol. The number of para-hydroxylation sites is 1. The topological polar surface area (TPSA) is 77.1 Å². The molecule has 0 unspecified atom stereocenters. The fourth-order valence-corrected chi connectivity index (χ4v) is 3.93. The Morgan fingerprint density at radius 3 is 2.35 bits per heavy atom. The van der Waals surface area contributed by atoms with Crippen LogP contribution in [-0.4, -0.2) is 31.6 Å². The minimum absolute atomic E-state index is 0.202. The van der Waals surface area contributed by atoms with Crippen LogP contribution in [0.15, 0.2) is 78.5 Å². The molecule has 5 rings (SSSR count). The Balaban J connectivity index is 1.54. The summed E-state index contributed by atoms with van der Waals surface area (Å²) in [4.78, 5) is 28.2. The highest BCUT2D eigenvalue weighted by Gasteiger charge is 2.40. The van der Waals surface area contributed by atoms with E-state index in [1.54, 1.807) is 54.6 Å². The zero-order chi connectivity index (χ0) is 23.5. The number of anilines is 2. The number of nitrogens with zero attached hydrogens (tertiary/aromatic N) is 1. The van der Waals surface area contributed by atoms with Gasteiger partial charge in [0.15, 0.2) is 11.5 Å². The number of hydrogen-bond donors (Lipinski definition) is 1. The average molecular weight is 456 g/mol. The molecule has 34 heavy (non-hydrogen) atoms. The molecule has 0 aromatic heterocycles. The van der Waals surface area contributed by atoms with Crippen molar-refractivity contribution in [2.24, 2.45) is 0 Å². The van der Waals surface area contributed by atoms with Crippen LogP contribution in [0.1, 0.15) is 18.9 Å². The van der Waals surface area contributed by atoms with E-state index in [2.05, 4.69) is 5.32 Å². The van der Waals surface area contributed by atoms with Gasteiger partial charge in [0.25, 0.3) is 11.8 Å². The minimum atomic E-state index is -0.424. The lowest BCUT2D eigenvalue weighted by molar-refractivity contribution is -0.120. The smallest absolute Gasteiger partial charge is 0.282 e. The van der Waals surface area contributed by atoms with Crippen molar-refractivity contribution >= 4 is 28.8 Å². The van der Waals surface area contributed by atoms with Crippen LogP contribution in [0.25, 0.3) is 5.57 Å². The number of benzene rings is 3. The predicted molar refractivity (Wildman–Crippen MR) is 129 cm³/mol. The molecule has 1 N–H and O–H groups in total. The minimum Gasteiger partial charge on any atom is -0.494 e. The summed E-state index contributed by atoms with van der Waals surface area (Å²) < 4.78 is 16.9. The zero-order valence-electron chi connectivity index (χ0n) is 18.7. The number of ether oxygens (including phenoxy) is 3. The monoisotopic (exact) mass is 456 g/mol. The summed E-state index contributed by atoms with van der Waals surface area (Å²) in [5.74, 6) is 1.14. The first kappa shape index (κ1) is 21.6. The lowest BCUT2D eigenvalue weighted by Crippen LogP contribution is -2.32. The normalized spacial score (nSPS) is 15.0. The number of fused-ring (bicyclic) bond motifs is 1. The van der Waals surface area contributed by atoms with E-state index >= 15 is 0 Å². The average Bonchev–Trinajstić information content (AvgIpc) is 3.12. The molecule has 2 aliphatic rings. The van der Waals surface area contributed by atoms with E-state index in [0.29, 0.717) is 59.6 Å². The van der Waals surface area contributed by atoms with Gasteiger partial charge in [-0.3, -0.25) is 9.59 Å². The van der Waals surface area contributed by atoms with E-state index in [0.717, 1.165) is 6.42 Å². The Hall–Kier alpha value is -4.26. The molecule has 0 saturated heterocycles. The third kappa shape index (κ3) is 4.08. The first-order chi connectivity index (χ1) is 16.7. The molecule has 0 fully saturated rings. The third-order valence-corrected chi connectivity index (χ3v) is 5.53. The number of rotatable bonds is 7. The van der Waals surface area contributed by atoms with Gasteiger partial charge in [0.2, 0.25) is 0 Å². The molecule has 3 aromatic rings. The largest absolute Gasteiger partial charge is 0.494 e. The van der Waals surface area contributed by atoms with Gasteiger partial charge in [0, 0.05) is 11.8 Å². The van der Waals surface area contributed by atoms with Gasteiger partial charge in [-0.1, -0.05) is 37.3 Å². The van der Waals surface area contributed by atoms with Gasteiger partial charge in [-0.05, 0) is 48.4 Å². The molecule has 172 valence electrons. The number of imide groups is 1. The van der Waals surface area contributed by atoms with E-state index in [4.69, 9.17) is 14.2 Å². The van der Waals surface area contributed by atoms with Gasteiger partial charge in [-0.2, -0.15) is 0 Å². The third-order valence-electron chi connectivity index (χ3n) is 5.53. The standard InChI is InChI=1S/C27H24N2O5/c1-2-14-32-21-11-8-18(9-12-21)24-25(27(31)29(26(24)30)20-6-4-3-5-7-20)28-19-10-13-22-23(17-19)34-16-15-33-22/h3-13,17,28H,2,14-16H2,1H3. The van der Waals surface area contributed by atoms with Crippen LogP contribution in [0.2, 0.25) is 0 Å². The van der Waals surface area contributed by atoms with Crippen molar-refractivity contribution in [2.75, 3.05) is 30.0 Å². The Kier molecular flexibility index (Phi) is 5.91. The summed E-state index contributed by atoms with van der Waals surface area (Å²) in [6, 6.07) is 21.5. The van der Waals surface area contributed by atoms with Gasteiger partial charge >= 0.3 is 0 Å². The van der Waals surface area contributed by atoms with Gasteiger partial charge in [-0.25, -0.2) is 4.90 Å². The van der Waals surface area contributed by atoms with E-state index in [9.17, 15) is 9.59 Å². The fourth-order valence-electron chi connectivity index (χ4n) is 3.93. The second-order valence-corrected chi connectivity index (χ2v) is 7.89. The number of hydrogen-bond acceptors (Lipinski definition) is 6. The van der Waals surface area contributed by atoms with Crippen molar-refractivity contribution in [3.63, 3.8) is 0 Å². The molecule has 0 aliphatic carbocycles. The van der Waals surface area contributed by atoms with Crippen LogP contribution in [0, 0.1) is 0 Å². The molecule has 0 atom stereocenters. The Bertz CT molecular complexity index is 1250. The molecule has 7 nitrogen and oxygen atoms in total. The number of nitrogens with one attached hydrogen (secondary N) is 1. The summed E-state index contributed by atoms with van der Waals surface area (Å²) in [6.45, 7) is 3.59. The maximum absolute atomic E-state index is 13.5. The molecular formula is C27H24N2O5. The van der Waals surface area contributed by atoms with E-state index in [1.165, 1.54) is 4.90 Å². The molecule has 2 aliphatic heterocycles. The van der Waals surface area contributed by atoms with Crippen LogP contribution in [0.4, 0.5) is 11.4 Å². The summed E-state index contributed by atoms with van der Waals surface area (Å²) in [5.41, 5.74) is 2.26. The lowest BCUT2D eigenvalue weighted by Gasteiger charge is -2.19. The van der Waals surface area contributed by atoms with Crippen LogP contribution < -0.4 is 24.4 Å². The van der Waals surface area contributed by atoms with Gasteiger partial charge < -0.3 is 19.5 Å². The van der Waals surface area contributed by atoms with Crippen LogP contribution in [0.3, 0.4) is 0 Å². The molecule has 0 saturated carbocycles. The number of amides is 2. The maximum atomic E-state index is 13.5. The van der Waals surface area contributed by atoms with E-state index < -0.39 is 11.8 Å². The van der Waals surface area contributed by atoms with Crippen molar-refractivity contribution in [1.82, 2.24) is 0 Å². The van der Waals surface area contributed by atoms with Gasteiger partial charge in [0.05, 0.1) is 17.9 Å². The van der Waals surface area contributed by atoms with Crippen LogP contribution >= 0.6 is 0 Å². The Morgan fingerprint density at radius 2 is 1.62 bits per heavy atom. The summed E-state index contributed by atoms with van der Waals surface area (Å²) in [7, 11) is 0. The van der Waals surface area contributed by atoms with E-state index in [-0.39, 0.29) is 5.70 Å². The quantitative estimate of drug-likeness (QED) is 0.522. The molecule has 0 radical (unpaired) electrons. The van der Waals surface area contributed by atoms with Crippen molar-refractivity contribution in [3.05, 3.63) is 84.1 Å². The molecule has 3 aromatic carbocycles. The second-order valence-electron chi connectivity index (χ2n) is 7.89. The lowest BCUT2D eigenvalue weighted by atomic mass is 10.0. The molecule has 0 bridgehead atoms. The highest BCUT2D eigenvalue weighted by Crippen LogP contribution is 2.37. The van der Waals surface area contributed by atoms with Gasteiger partial charge in [-0.15, -0.1) is 0 Å². The summed E-state index contributed by atoms with van der Waals surface area (Å²) in [5, 5.41) is 3.17. The van der Waals surface area contributed by atoms with E-state index in [1.807, 2.05) is 25.1 Å². The van der Waals surface area contributed by atoms with Crippen molar-refractivity contribution in [2.45, 2.75) is 13.3 Å². The molecule has 2 amide bonds. The number of carbonyl (C=O) groups is 2. The van der Waals surface area contributed by atoms with Gasteiger partial charge in [0.1, 0.15) is 24.7 Å². The Labute approximate surface area is 197 Å². The second kappa shape index (κ2) is 9.31. The van der Waals surface area contributed by atoms with Crippen LogP contribution in [0.5, 0.6) is 17.2 Å². The van der Waals surface area contributed by atoms with Crippen molar-refractivity contribution in [3.8, 4) is 17.2 Å². The van der Waals surface area contributed by atoms with Crippen LogP contribution in [-0.2, 0) is 9.59 Å². The SMILES string of the molecule is CCCOc1ccc(C2=C(Nc3ccc4c(c3)OCCO4)C(=O)N(c3ccccc3)C2=O)cc1. The highest BCUT2D eigenvalue weighted by atomic mass is 16.6. The predicted octanol–water partition coefficient (Wildman–Crippen LogP) is 4.64. The number of carbonyl (C=O) groups excluding carboxylic acids is 2. The maximum Gasteiger partial charge on any atom is 0.282 e. The zero-order valence-corrected chi connectivity index (χ0v) is 18.7. The first-order valence-electron chi connectivity index (χ1n) is 11.2. The van der Waals surface area contributed by atoms with Crippen molar-refractivity contribution in [1.29, 1.82) is 0 Å². The highest BCUT2D eigenvalue weighted by molar-refractivity contribution is 6.46. The Morgan fingerprint density at radius 1 is 0.882 bits per heavy atom. The molecule has 0 spiro atoms. The molecule has 7 heteroatoms. The molecule has 2 heterocycles. The summed E-state index contributed by atoms with van der Waals surface area (Å²) >= 11 is 0. The van der Waals surface area contributed by atoms with Crippen molar-refractivity contribution < 1.29 is 23.8 Å².